The SMILES string of the molecule is Cc1nscc1C(=O)NCC(C)C. The number of amides is 1. The number of aryl methyl sites for hydroxylation is 1. The van der Waals surface area contributed by atoms with Gasteiger partial charge in [-0.05, 0) is 24.4 Å². The average molecular weight is 198 g/mol. The first-order valence-electron chi connectivity index (χ1n) is 4.30. The second-order valence-electron chi connectivity index (χ2n) is 3.42. The highest BCUT2D eigenvalue weighted by Crippen LogP contribution is 2.08. The number of rotatable bonds is 3. The molecule has 13 heavy (non-hydrogen) atoms. The van der Waals surface area contributed by atoms with E-state index in [2.05, 4.69) is 23.5 Å². The lowest BCUT2D eigenvalue weighted by molar-refractivity contribution is 0.0948. The molecule has 0 saturated heterocycles. The fourth-order valence-corrected chi connectivity index (χ4v) is 1.59. The number of hydrogen-bond acceptors (Lipinski definition) is 3. The molecule has 1 rings (SSSR count). The molecular weight excluding hydrogens is 184 g/mol. The van der Waals surface area contributed by atoms with Gasteiger partial charge in [-0.2, -0.15) is 4.37 Å². The number of nitrogens with zero attached hydrogens (tertiary/aromatic N) is 1. The molecule has 0 unspecified atom stereocenters. The Morgan fingerprint density at radius 2 is 2.38 bits per heavy atom. The molecule has 0 atom stereocenters. The maximum absolute atomic E-state index is 11.5. The van der Waals surface area contributed by atoms with Crippen LogP contribution in [-0.2, 0) is 0 Å². The first kappa shape index (κ1) is 10.2. The molecular formula is C9H14N2OS. The van der Waals surface area contributed by atoms with Gasteiger partial charge in [-0.25, -0.2) is 0 Å². The van der Waals surface area contributed by atoms with Crippen LogP contribution in [0.4, 0.5) is 0 Å². The van der Waals surface area contributed by atoms with Crippen LogP contribution < -0.4 is 5.32 Å². The Morgan fingerprint density at radius 3 is 2.85 bits per heavy atom. The quantitative estimate of drug-likeness (QED) is 0.805. The fraction of sp³-hybridized carbons (Fsp3) is 0.556. The van der Waals surface area contributed by atoms with E-state index in [0.717, 1.165) is 5.69 Å². The van der Waals surface area contributed by atoms with Gasteiger partial charge in [0.2, 0.25) is 0 Å². The zero-order valence-corrected chi connectivity index (χ0v) is 8.94. The Balaban J connectivity index is 2.54. The molecule has 0 aromatic carbocycles. The van der Waals surface area contributed by atoms with Crippen molar-refractivity contribution < 1.29 is 4.79 Å². The summed E-state index contributed by atoms with van der Waals surface area (Å²) in [6.45, 7) is 6.70. The molecule has 1 aromatic heterocycles. The number of aromatic nitrogens is 1. The van der Waals surface area contributed by atoms with Crippen molar-refractivity contribution in [2.24, 2.45) is 5.92 Å². The highest BCUT2D eigenvalue weighted by atomic mass is 32.1. The molecule has 1 heterocycles. The summed E-state index contributed by atoms with van der Waals surface area (Å²) in [6, 6.07) is 0. The van der Waals surface area contributed by atoms with Gasteiger partial charge in [0.1, 0.15) is 0 Å². The van der Waals surface area contributed by atoms with Gasteiger partial charge in [0.15, 0.2) is 0 Å². The van der Waals surface area contributed by atoms with Crippen LogP contribution in [0.2, 0.25) is 0 Å². The van der Waals surface area contributed by atoms with Crippen LogP contribution in [0.3, 0.4) is 0 Å². The number of carbonyl (C=O) groups excluding carboxylic acids is 1. The molecule has 1 N–H and O–H groups in total. The topological polar surface area (TPSA) is 42.0 Å². The summed E-state index contributed by atoms with van der Waals surface area (Å²) in [5.41, 5.74) is 1.51. The van der Waals surface area contributed by atoms with Gasteiger partial charge in [-0.3, -0.25) is 4.79 Å². The summed E-state index contributed by atoms with van der Waals surface area (Å²) in [5.74, 6) is 0.468. The molecule has 0 radical (unpaired) electrons. The molecule has 0 aliphatic heterocycles. The van der Waals surface area contributed by atoms with Crippen molar-refractivity contribution in [1.82, 2.24) is 9.69 Å². The molecule has 0 spiro atoms. The molecule has 0 aliphatic carbocycles. The summed E-state index contributed by atoms with van der Waals surface area (Å²) in [6.07, 6.45) is 0. The number of carbonyl (C=O) groups is 1. The molecule has 0 bridgehead atoms. The van der Waals surface area contributed by atoms with E-state index < -0.39 is 0 Å². The standard InChI is InChI=1S/C9H14N2OS/c1-6(2)4-10-9(12)8-5-13-11-7(8)3/h5-6H,4H2,1-3H3,(H,10,12). The Morgan fingerprint density at radius 1 is 1.69 bits per heavy atom. The molecule has 0 aliphatic rings. The van der Waals surface area contributed by atoms with Gasteiger partial charge >= 0.3 is 0 Å². The van der Waals surface area contributed by atoms with Crippen molar-refractivity contribution in [2.75, 3.05) is 6.54 Å². The van der Waals surface area contributed by atoms with E-state index in [9.17, 15) is 4.79 Å². The van der Waals surface area contributed by atoms with Crippen molar-refractivity contribution in [2.45, 2.75) is 20.8 Å². The Hall–Kier alpha value is -0.900. The van der Waals surface area contributed by atoms with Crippen LogP contribution in [-0.4, -0.2) is 16.8 Å². The second-order valence-corrected chi connectivity index (χ2v) is 4.05. The molecule has 0 saturated carbocycles. The third kappa shape index (κ3) is 2.81. The lowest BCUT2D eigenvalue weighted by Crippen LogP contribution is -2.27. The third-order valence-corrected chi connectivity index (χ3v) is 2.39. The normalized spacial score (nSPS) is 10.5. The van der Waals surface area contributed by atoms with E-state index in [4.69, 9.17) is 0 Å². The minimum Gasteiger partial charge on any atom is -0.352 e. The molecule has 1 aromatic rings. The third-order valence-electron chi connectivity index (χ3n) is 1.67. The van der Waals surface area contributed by atoms with Gasteiger partial charge in [0.05, 0.1) is 11.3 Å². The number of hydrogen-bond donors (Lipinski definition) is 1. The second kappa shape index (κ2) is 4.37. The highest BCUT2D eigenvalue weighted by molar-refractivity contribution is 7.03. The summed E-state index contributed by atoms with van der Waals surface area (Å²) in [4.78, 5) is 11.5. The van der Waals surface area contributed by atoms with E-state index in [1.807, 2.05) is 6.92 Å². The maximum Gasteiger partial charge on any atom is 0.254 e. The minimum atomic E-state index is -0.0139. The van der Waals surface area contributed by atoms with Crippen LogP contribution in [0.15, 0.2) is 5.38 Å². The van der Waals surface area contributed by atoms with E-state index in [-0.39, 0.29) is 5.91 Å². The fourth-order valence-electron chi connectivity index (χ4n) is 0.902. The summed E-state index contributed by atoms with van der Waals surface area (Å²) in [7, 11) is 0. The first-order valence-corrected chi connectivity index (χ1v) is 5.14. The Labute approximate surface area is 82.3 Å². The van der Waals surface area contributed by atoms with Gasteiger partial charge in [-0.15, -0.1) is 0 Å². The number of nitrogens with one attached hydrogen (secondary N) is 1. The van der Waals surface area contributed by atoms with Gasteiger partial charge in [0, 0.05) is 11.9 Å². The Bertz CT molecular complexity index is 294. The summed E-state index contributed by atoms with van der Waals surface area (Å²) >= 11 is 1.32. The maximum atomic E-state index is 11.5. The van der Waals surface area contributed by atoms with Gasteiger partial charge in [0.25, 0.3) is 5.91 Å². The van der Waals surface area contributed by atoms with Crippen molar-refractivity contribution in [3.63, 3.8) is 0 Å². The van der Waals surface area contributed by atoms with E-state index >= 15 is 0 Å². The van der Waals surface area contributed by atoms with Gasteiger partial charge < -0.3 is 5.32 Å². The zero-order chi connectivity index (χ0) is 9.84. The molecule has 3 nitrogen and oxygen atoms in total. The summed E-state index contributed by atoms with van der Waals surface area (Å²) in [5, 5.41) is 4.64. The van der Waals surface area contributed by atoms with Crippen molar-refractivity contribution >= 4 is 17.4 Å². The van der Waals surface area contributed by atoms with Crippen LogP contribution in [0, 0.1) is 12.8 Å². The summed E-state index contributed by atoms with van der Waals surface area (Å²) < 4.78 is 4.05. The van der Waals surface area contributed by atoms with Crippen LogP contribution in [0.1, 0.15) is 29.9 Å². The largest absolute Gasteiger partial charge is 0.352 e. The molecule has 72 valence electrons. The van der Waals surface area contributed by atoms with Crippen molar-refractivity contribution in [1.29, 1.82) is 0 Å². The van der Waals surface area contributed by atoms with Crippen LogP contribution in [0.5, 0.6) is 0 Å². The lowest BCUT2D eigenvalue weighted by Gasteiger charge is -2.06. The van der Waals surface area contributed by atoms with Crippen LogP contribution in [0.25, 0.3) is 0 Å². The highest BCUT2D eigenvalue weighted by Gasteiger charge is 2.10. The minimum absolute atomic E-state index is 0.0139. The Kier molecular flexibility index (Phi) is 3.42. The van der Waals surface area contributed by atoms with E-state index in [1.165, 1.54) is 11.5 Å². The van der Waals surface area contributed by atoms with Gasteiger partial charge in [-0.1, -0.05) is 13.8 Å². The van der Waals surface area contributed by atoms with Crippen molar-refractivity contribution in [3.05, 3.63) is 16.6 Å². The first-order chi connectivity index (χ1) is 6.11. The lowest BCUT2D eigenvalue weighted by atomic mass is 10.2. The predicted octanol–water partition coefficient (Wildman–Crippen LogP) is 1.84. The molecule has 1 amide bonds. The average Bonchev–Trinajstić information content (AvgIpc) is 2.47. The predicted molar refractivity (Wildman–Crippen MR) is 54.0 cm³/mol. The van der Waals surface area contributed by atoms with Crippen molar-refractivity contribution in [3.8, 4) is 0 Å². The smallest absolute Gasteiger partial charge is 0.254 e. The van der Waals surface area contributed by atoms with E-state index in [0.29, 0.717) is 18.0 Å². The van der Waals surface area contributed by atoms with Crippen LogP contribution >= 0.6 is 11.5 Å². The molecule has 4 heteroatoms. The molecule has 0 fully saturated rings. The monoisotopic (exact) mass is 198 g/mol. The van der Waals surface area contributed by atoms with E-state index in [1.54, 1.807) is 5.38 Å². The zero-order valence-electron chi connectivity index (χ0n) is 8.13.